The van der Waals surface area contributed by atoms with Crippen molar-refractivity contribution < 1.29 is 4.79 Å². The van der Waals surface area contributed by atoms with E-state index in [0.29, 0.717) is 18.1 Å². The third-order valence-electron chi connectivity index (χ3n) is 3.24. The summed E-state index contributed by atoms with van der Waals surface area (Å²) >= 11 is 5.89. The van der Waals surface area contributed by atoms with Gasteiger partial charge in [-0.2, -0.15) is 0 Å². The number of hydrogen-bond acceptors (Lipinski definition) is 3. The molecule has 0 aliphatic heterocycles. The van der Waals surface area contributed by atoms with Crippen LogP contribution in [0, 0.1) is 0 Å². The molecule has 21 heavy (non-hydrogen) atoms. The fourth-order valence-electron chi connectivity index (χ4n) is 2.09. The van der Waals surface area contributed by atoms with Crippen molar-refractivity contribution in [3.8, 4) is 0 Å². The molecule has 0 aliphatic rings. The summed E-state index contributed by atoms with van der Waals surface area (Å²) in [7, 11) is 1.65. The standard InChI is InChI=1S/C16H18ClN3O/c1-18-16(21)15(13-4-6-14(17)7-5-13)11-20-10-12-3-2-8-19-9-12/h2-9,15,20H,10-11H2,1H3,(H,18,21). The lowest BCUT2D eigenvalue weighted by atomic mass is 9.98. The van der Waals surface area contributed by atoms with E-state index in [4.69, 9.17) is 11.6 Å². The van der Waals surface area contributed by atoms with Crippen molar-refractivity contribution in [1.29, 1.82) is 0 Å². The molecule has 1 aromatic carbocycles. The molecule has 0 saturated heterocycles. The number of halogens is 1. The van der Waals surface area contributed by atoms with E-state index in [-0.39, 0.29) is 11.8 Å². The predicted molar refractivity (Wildman–Crippen MR) is 84.2 cm³/mol. The molecule has 5 heteroatoms. The quantitative estimate of drug-likeness (QED) is 0.861. The van der Waals surface area contributed by atoms with Gasteiger partial charge in [-0.15, -0.1) is 0 Å². The maximum Gasteiger partial charge on any atom is 0.228 e. The summed E-state index contributed by atoms with van der Waals surface area (Å²) in [5, 5.41) is 6.66. The maximum absolute atomic E-state index is 12.0. The van der Waals surface area contributed by atoms with Gasteiger partial charge in [0.2, 0.25) is 5.91 Å². The monoisotopic (exact) mass is 303 g/mol. The molecule has 4 nitrogen and oxygen atoms in total. The minimum absolute atomic E-state index is 0.0176. The number of likely N-dealkylation sites (N-methyl/N-ethyl adjacent to an activating group) is 1. The van der Waals surface area contributed by atoms with E-state index in [1.54, 1.807) is 25.4 Å². The van der Waals surface area contributed by atoms with Crippen LogP contribution >= 0.6 is 11.6 Å². The fraction of sp³-hybridized carbons (Fsp3) is 0.250. The van der Waals surface area contributed by atoms with Crippen LogP contribution in [-0.2, 0) is 11.3 Å². The molecule has 0 spiro atoms. The van der Waals surface area contributed by atoms with Gasteiger partial charge in [-0.1, -0.05) is 29.8 Å². The second-order valence-corrected chi connectivity index (χ2v) is 5.15. The van der Waals surface area contributed by atoms with Gasteiger partial charge in [-0.25, -0.2) is 0 Å². The zero-order chi connectivity index (χ0) is 15.1. The number of aromatic nitrogens is 1. The maximum atomic E-state index is 12.0. The second-order valence-electron chi connectivity index (χ2n) is 4.71. The minimum atomic E-state index is -0.246. The third kappa shape index (κ3) is 4.55. The first-order valence-electron chi connectivity index (χ1n) is 6.77. The minimum Gasteiger partial charge on any atom is -0.359 e. The Morgan fingerprint density at radius 1 is 1.29 bits per heavy atom. The highest BCUT2D eigenvalue weighted by Crippen LogP contribution is 2.18. The van der Waals surface area contributed by atoms with Gasteiger partial charge in [0.05, 0.1) is 5.92 Å². The summed E-state index contributed by atoms with van der Waals surface area (Å²) < 4.78 is 0. The van der Waals surface area contributed by atoms with Crippen LogP contribution in [0.4, 0.5) is 0 Å². The number of rotatable bonds is 6. The van der Waals surface area contributed by atoms with Crippen molar-refractivity contribution in [1.82, 2.24) is 15.6 Å². The van der Waals surface area contributed by atoms with Crippen molar-refractivity contribution in [2.24, 2.45) is 0 Å². The van der Waals surface area contributed by atoms with E-state index in [1.165, 1.54) is 0 Å². The zero-order valence-corrected chi connectivity index (χ0v) is 12.6. The Hall–Kier alpha value is -1.91. The van der Waals surface area contributed by atoms with Gasteiger partial charge in [-0.05, 0) is 29.3 Å². The van der Waals surface area contributed by atoms with Gasteiger partial charge >= 0.3 is 0 Å². The highest BCUT2D eigenvalue weighted by atomic mass is 35.5. The molecular weight excluding hydrogens is 286 g/mol. The molecule has 110 valence electrons. The van der Waals surface area contributed by atoms with Crippen LogP contribution in [0.15, 0.2) is 48.8 Å². The Balaban J connectivity index is 2.00. The average molecular weight is 304 g/mol. The van der Waals surface area contributed by atoms with Gasteiger partial charge in [-0.3, -0.25) is 9.78 Å². The van der Waals surface area contributed by atoms with Crippen molar-refractivity contribution in [3.05, 3.63) is 64.9 Å². The van der Waals surface area contributed by atoms with Crippen LogP contribution in [0.25, 0.3) is 0 Å². The Labute approximate surface area is 129 Å². The molecule has 0 aliphatic carbocycles. The van der Waals surface area contributed by atoms with Gasteiger partial charge in [0, 0.05) is 37.6 Å². The van der Waals surface area contributed by atoms with Crippen LogP contribution in [0.2, 0.25) is 5.02 Å². The molecule has 0 fully saturated rings. The lowest BCUT2D eigenvalue weighted by molar-refractivity contribution is -0.122. The smallest absolute Gasteiger partial charge is 0.228 e. The molecule has 2 N–H and O–H groups in total. The summed E-state index contributed by atoms with van der Waals surface area (Å²) in [5.74, 6) is -0.264. The molecular formula is C16H18ClN3O. The molecule has 1 amide bonds. The average Bonchev–Trinajstić information content (AvgIpc) is 2.53. The Morgan fingerprint density at radius 2 is 2.05 bits per heavy atom. The van der Waals surface area contributed by atoms with Crippen molar-refractivity contribution in [2.75, 3.05) is 13.6 Å². The molecule has 2 rings (SSSR count). The van der Waals surface area contributed by atoms with Crippen molar-refractivity contribution >= 4 is 17.5 Å². The third-order valence-corrected chi connectivity index (χ3v) is 3.49. The van der Waals surface area contributed by atoms with E-state index < -0.39 is 0 Å². The highest BCUT2D eigenvalue weighted by Gasteiger charge is 2.18. The van der Waals surface area contributed by atoms with Gasteiger partial charge in [0.15, 0.2) is 0 Å². The number of benzene rings is 1. The number of pyridine rings is 1. The number of amides is 1. The van der Waals surface area contributed by atoms with E-state index in [0.717, 1.165) is 11.1 Å². The highest BCUT2D eigenvalue weighted by molar-refractivity contribution is 6.30. The van der Waals surface area contributed by atoms with E-state index in [1.807, 2.05) is 30.5 Å². The zero-order valence-electron chi connectivity index (χ0n) is 11.8. The number of nitrogens with one attached hydrogen (secondary N) is 2. The van der Waals surface area contributed by atoms with E-state index in [2.05, 4.69) is 15.6 Å². The molecule has 0 bridgehead atoms. The number of carbonyl (C=O) groups excluding carboxylic acids is 1. The van der Waals surface area contributed by atoms with E-state index in [9.17, 15) is 4.79 Å². The summed E-state index contributed by atoms with van der Waals surface area (Å²) in [6.45, 7) is 1.23. The van der Waals surface area contributed by atoms with Crippen LogP contribution in [-0.4, -0.2) is 24.5 Å². The predicted octanol–water partition coefficient (Wildman–Crippen LogP) is 2.35. The number of hydrogen-bond donors (Lipinski definition) is 2. The molecule has 1 unspecified atom stereocenters. The summed E-state index contributed by atoms with van der Waals surface area (Å²) in [4.78, 5) is 16.1. The first-order valence-corrected chi connectivity index (χ1v) is 7.15. The lowest BCUT2D eigenvalue weighted by Crippen LogP contribution is -2.33. The molecule has 2 aromatic rings. The summed E-state index contributed by atoms with van der Waals surface area (Å²) in [6, 6.07) is 11.3. The largest absolute Gasteiger partial charge is 0.359 e. The first-order chi connectivity index (χ1) is 10.2. The van der Waals surface area contributed by atoms with Gasteiger partial charge in [0.25, 0.3) is 0 Å². The molecule has 1 aromatic heterocycles. The van der Waals surface area contributed by atoms with Gasteiger partial charge < -0.3 is 10.6 Å². The van der Waals surface area contributed by atoms with Crippen molar-refractivity contribution in [2.45, 2.75) is 12.5 Å². The molecule has 0 saturated carbocycles. The van der Waals surface area contributed by atoms with Crippen LogP contribution < -0.4 is 10.6 Å². The Kier molecular flexibility index (Phi) is 5.72. The SMILES string of the molecule is CNC(=O)C(CNCc1cccnc1)c1ccc(Cl)cc1. The molecule has 0 radical (unpaired) electrons. The summed E-state index contributed by atoms with van der Waals surface area (Å²) in [6.07, 6.45) is 3.55. The van der Waals surface area contributed by atoms with Crippen LogP contribution in [0.3, 0.4) is 0 Å². The van der Waals surface area contributed by atoms with Crippen LogP contribution in [0.1, 0.15) is 17.0 Å². The lowest BCUT2D eigenvalue weighted by Gasteiger charge is -2.17. The first kappa shape index (κ1) is 15.5. The number of carbonyl (C=O) groups is 1. The Bertz CT molecular complexity index is 572. The topological polar surface area (TPSA) is 54.0 Å². The fourth-order valence-corrected chi connectivity index (χ4v) is 2.22. The molecule has 1 heterocycles. The summed E-state index contributed by atoms with van der Waals surface area (Å²) in [5.41, 5.74) is 2.03. The second kappa shape index (κ2) is 7.76. The normalized spacial score (nSPS) is 11.9. The Morgan fingerprint density at radius 3 is 2.67 bits per heavy atom. The molecule has 1 atom stereocenters. The van der Waals surface area contributed by atoms with Crippen LogP contribution in [0.5, 0.6) is 0 Å². The van der Waals surface area contributed by atoms with Crippen molar-refractivity contribution in [3.63, 3.8) is 0 Å². The number of nitrogens with zero attached hydrogens (tertiary/aromatic N) is 1. The van der Waals surface area contributed by atoms with Gasteiger partial charge in [0.1, 0.15) is 0 Å². The van der Waals surface area contributed by atoms with E-state index >= 15 is 0 Å².